The number of halogens is 2. The van der Waals surface area contributed by atoms with Crippen LogP contribution in [0.5, 0.6) is 0 Å². The third-order valence-electron chi connectivity index (χ3n) is 7.03. The maximum absolute atomic E-state index is 13.6. The van der Waals surface area contributed by atoms with Crippen LogP contribution in [0.25, 0.3) is 17.0 Å². The first-order valence-corrected chi connectivity index (χ1v) is 13.3. The van der Waals surface area contributed by atoms with E-state index in [1.807, 2.05) is 56.4 Å². The molecule has 1 aromatic heterocycles. The lowest BCUT2D eigenvalue weighted by Gasteiger charge is -2.17. The molecule has 1 amide bonds. The maximum Gasteiger partial charge on any atom is 0.281 e. The normalized spacial score (nSPS) is 15.0. The summed E-state index contributed by atoms with van der Waals surface area (Å²) in [6.07, 6.45) is 4.94. The van der Waals surface area contributed by atoms with Gasteiger partial charge in [0.1, 0.15) is 5.70 Å². The fourth-order valence-corrected chi connectivity index (χ4v) is 5.43. The molecular formula is C30H27Cl2N3OS. The third kappa shape index (κ3) is 4.56. The van der Waals surface area contributed by atoms with Crippen molar-refractivity contribution >= 4 is 69.1 Å². The van der Waals surface area contributed by atoms with E-state index in [-0.39, 0.29) is 5.91 Å². The fourth-order valence-electron chi connectivity index (χ4n) is 4.82. The number of rotatable bonds is 5. The van der Waals surface area contributed by atoms with Crippen LogP contribution in [0, 0.1) is 13.8 Å². The van der Waals surface area contributed by atoms with Crippen molar-refractivity contribution in [3.63, 3.8) is 0 Å². The number of para-hydroxylation sites is 1. The summed E-state index contributed by atoms with van der Waals surface area (Å²) >= 11 is 18.1. The van der Waals surface area contributed by atoms with E-state index < -0.39 is 0 Å². The van der Waals surface area contributed by atoms with Crippen molar-refractivity contribution in [2.75, 3.05) is 11.9 Å². The zero-order valence-corrected chi connectivity index (χ0v) is 23.5. The summed E-state index contributed by atoms with van der Waals surface area (Å²) in [7, 11) is 1.85. The van der Waals surface area contributed by atoms with Crippen molar-refractivity contribution in [3.8, 4) is 0 Å². The van der Waals surface area contributed by atoms with E-state index in [0.717, 1.165) is 39.7 Å². The number of benzene rings is 3. The molecule has 1 aliphatic rings. The first-order chi connectivity index (χ1) is 17.7. The van der Waals surface area contributed by atoms with Gasteiger partial charge in [-0.05, 0) is 85.1 Å². The van der Waals surface area contributed by atoms with Gasteiger partial charge in [0.25, 0.3) is 5.91 Å². The van der Waals surface area contributed by atoms with Crippen molar-refractivity contribution in [2.24, 2.45) is 0 Å². The van der Waals surface area contributed by atoms with E-state index in [4.69, 9.17) is 35.4 Å². The lowest BCUT2D eigenvalue weighted by molar-refractivity contribution is -0.114. The van der Waals surface area contributed by atoms with Gasteiger partial charge in [0.05, 0.1) is 21.2 Å². The third-order valence-corrected chi connectivity index (χ3v) is 8.23. The highest BCUT2D eigenvalue weighted by Gasteiger charge is 2.37. The second-order valence-electron chi connectivity index (χ2n) is 9.41. The van der Waals surface area contributed by atoms with Gasteiger partial charge in [-0.1, -0.05) is 60.5 Å². The predicted octanol–water partition coefficient (Wildman–Crippen LogP) is 7.78. The molecule has 0 atom stereocenters. The van der Waals surface area contributed by atoms with Crippen LogP contribution in [0.2, 0.25) is 10.0 Å². The molecule has 0 unspecified atom stereocenters. The molecule has 1 fully saturated rings. The molecule has 7 heteroatoms. The molecule has 0 spiro atoms. The molecule has 4 aromatic rings. The number of carbonyl (C=O) groups excluding carboxylic acids is 1. The molecule has 188 valence electrons. The van der Waals surface area contributed by atoms with Crippen molar-refractivity contribution in [1.29, 1.82) is 0 Å². The lowest BCUT2D eigenvalue weighted by atomic mass is 10.1. The summed E-state index contributed by atoms with van der Waals surface area (Å²) in [5.74, 6) is -0.132. The molecule has 3 aromatic carbocycles. The summed E-state index contributed by atoms with van der Waals surface area (Å²) in [4.78, 5) is 17.0. The summed E-state index contributed by atoms with van der Waals surface area (Å²) < 4.78 is 2.22. The zero-order valence-electron chi connectivity index (χ0n) is 21.2. The SMILES string of the molecule is CCc1cccc2c(/C=C3/C(=O)N(c4ccc(C)c(C)c4)C(=S)N3C)cn(Cc3ccc(Cl)c(Cl)c3)c12. The Labute approximate surface area is 232 Å². The minimum Gasteiger partial charge on any atom is -0.342 e. The van der Waals surface area contributed by atoms with Crippen LogP contribution in [0.1, 0.15) is 34.7 Å². The number of carbonyl (C=O) groups is 1. The topological polar surface area (TPSA) is 28.5 Å². The van der Waals surface area contributed by atoms with E-state index in [2.05, 4.69) is 42.8 Å². The number of likely N-dealkylation sites (N-methyl/N-ethyl adjacent to an activating group) is 1. The van der Waals surface area contributed by atoms with Gasteiger partial charge in [-0.3, -0.25) is 9.69 Å². The highest BCUT2D eigenvalue weighted by molar-refractivity contribution is 7.80. The minimum atomic E-state index is -0.132. The molecule has 4 nitrogen and oxygen atoms in total. The van der Waals surface area contributed by atoms with E-state index >= 15 is 0 Å². The van der Waals surface area contributed by atoms with Crippen molar-refractivity contribution in [2.45, 2.75) is 33.7 Å². The smallest absolute Gasteiger partial charge is 0.281 e. The molecule has 2 heterocycles. The van der Waals surface area contributed by atoms with Crippen LogP contribution in [-0.2, 0) is 17.8 Å². The van der Waals surface area contributed by atoms with Gasteiger partial charge in [0.15, 0.2) is 5.11 Å². The van der Waals surface area contributed by atoms with Crippen LogP contribution in [0.3, 0.4) is 0 Å². The second kappa shape index (κ2) is 9.97. The molecule has 0 N–H and O–H groups in total. The van der Waals surface area contributed by atoms with Gasteiger partial charge in [-0.2, -0.15) is 0 Å². The van der Waals surface area contributed by atoms with E-state index in [0.29, 0.717) is 27.4 Å². The Morgan fingerprint density at radius 1 is 0.973 bits per heavy atom. The minimum absolute atomic E-state index is 0.132. The first kappa shape index (κ1) is 25.5. The largest absolute Gasteiger partial charge is 0.342 e. The van der Waals surface area contributed by atoms with E-state index in [9.17, 15) is 4.79 Å². The van der Waals surface area contributed by atoms with E-state index in [1.54, 1.807) is 9.80 Å². The lowest BCUT2D eigenvalue weighted by Crippen LogP contribution is -2.31. The number of anilines is 1. The molecule has 37 heavy (non-hydrogen) atoms. The summed E-state index contributed by atoms with van der Waals surface area (Å²) in [6.45, 7) is 6.87. The number of hydrogen-bond donors (Lipinski definition) is 0. The van der Waals surface area contributed by atoms with Gasteiger partial charge < -0.3 is 9.47 Å². The number of amides is 1. The molecule has 1 aliphatic heterocycles. The average Bonchev–Trinajstić information content (AvgIpc) is 3.33. The van der Waals surface area contributed by atoms with Gasteiger partial charge in [-0.15, -0.1) is 0 Å². The highest BCUT2D eigenvalue weighted by Crippen LogP contribution is 2.33. The van der Waals surface area contributed by atoms with Gasteiger partial charge in [-0.25, -0.2) is 0 Å². The molecule has 5 rings (SSSR count). The standard InChI is InChI=1S/C30H27Cl2N3OS/c1-5-21-7-6-8-24-22(17-34(28(21)24)16-20-10-12-25(31)26(32)14-20)15-27-29(36)35(30(37)33(27)4)23-11-9-18(2)19(3)13-23/h6-15,17H,5,16H2,1-4H3/b27-15-. The summed E-state index contributed by atoms with van der Waals surface area (Å²) in [5, 5.41) is 2.62. The quantitative estimate of drug-likeness (QED) is 0.188. The number of aryl methyl sites for hydroxylation is 3. The van der Waals surface area contributed by atoms with Crippen LogP contribution in [0.4, 0.5) is 5.69 Å². The first-order valence-electron chi connectivity index (χ1n) is 12.1. The summed E-state index contributed by atoms with van der Waals surface area (Å²) in [5.41, 5.74) is 8.00. The van der Waals surface area contributed by atoms with E-state index in [1.165, 1.54) is 11.1 Å². The van der Waals surface area contributed by atoms with Crippen molar-refractivity contribution in [3.05, 3.63) is 104 Å². The Hall–Kier alpha value is -3.12. The number of hydrogen-bond acceptors (Lipinski definition) is 2. The Morgan fingerprint density at radius 2 is 1.76 bits per heavy atom. The predicted molar refractivity (Wildman–Crippen MR) is 159 cm³/mol. The van der Waals surface area contributed by atoms with Gasteiger partial charge in [0, 0.05) is 30.7 Å². The summed E-state index contributed by atoms with van der Waals surface area (Å²) in [6, 6.07) is 18.0. The van der Waals surface area contributed by atoms with Crippen LogP contribution in [0.15, 0.2) is 66.5 Å². The number of thiocarbonyl (C=S) groups is 1. The highest BCUT2D eigenvalue weighted by atomic mass is 35.5. The Balaban J connectivity index is 1.60. The van der Waals surface area contributed by atoms with Crippen LogP contribution < -0.4 is 4.90 Å². The molecule has 0 aliphatic carbocycles. The van der Waals surface area contributed by atoms with Crippen molar-refractivity contribution < 1.29 is 4.79 Å². The molecule has 0 radical (unpaired) electrons. The molecule has 1 saturated heterocycles. The number of nitrogens with zero attached hydrogens (tertiary/aromatic N) is 3. The van der Waals surface area contributed by atoms with Crippen LogP contribution in [-0.4, -0.2) is 27.5 Å². The zero-order chi connectivity index (χ0) is 26.4. The average molecular weight is 549 g/mol. The maximum atomic E-state index is 13.6. The molecule has 0 saturated carbocycles. The number of aromatic nitrogens is 1. The second-order valence-corrected chi connectivity index (χ2v) is 10.6. The molecule has 0 bridgehead atoms. The Bertz CT molecular complexity index is 1600. The van der Waals surface area contributed by atoms with Gasteiger partial charge in [0.2, 0.25) is 0 Å². The monoisotopic (exact) mass is 547 g/mol. The number of fused-ring (bicyclic) bond motifs is 1. The fraction of sp³-hybridized carbons (Fsp3) is 0.200. The van der Waals surface area contributed by atoms with Crippen molar-refractivity contribution in [1.82, 2.24) is 9.47 Å². The van der Waals surface area contributed by atoms with Gasteiger partial charge >= 0.3 is 0 Å². The Kier molecular flexibility index (Phi) is 6.88. The Morgan fingerprint density at radius 3 is 2.46 bits per heavy atom. The molecular weight excluding hydrogens is 521 g/mol. The van der Waals surface area contributed by atoms with Crippen LogP contribution >= 0.6 is 35.4 Å².